The first-order valence-corrected chi connectivity index (χ1v) is 5.92. The summed E-state index contributed by atoms with van der Waals surface area (Å²) < 4.78 is 41.8. The molecule has 1 aromatic rings. The van der Waals surface area contributed by atoms with Crippen molar-refractivity contribution in [3.8, 4) is 0 Å². The third-order valence-corrected chi connectivity index (χ3v) is 2.58. The van der Waals surface area contributed by atoms with Crippen LogP contribution >= 0.6 is 0 Å². The maximum Gasteiger partial charge on any atom is 0.416 e. The number of halogens is 3. The van der Waals surface area contributed by atoms with Gasteiger partial charge in [-0.2, -0.15) is 13.2 Å². The number of carbonyl (C=O) groups is 2. The molecule has 21 heavy (non-hydrogen) atoms. The van der Waals surface area contributed by atoms with Crippen molar-refractivity contribution < 1.29 is 32.6 Å². The predicted molar refractivity (Wildman–Crippen MR) is 66.2 cm³/mol. The topological polar surface area (TPSA) is 75.6 Å². The lowest BCUT2D eigenvalue weighted by Crippen LogP contribution is -2.37. The second kappa shape index (κ2) is 7.07. The summed E-state index contributed by atoms with van der Waals surface area (Å²) in [5.41, 5.74) is -0.669. The van der Waals surface area contributed by atoms with E-state index in [0.717, 1.165) is 19.2 Å². The second-order valence-electron chi connectivity index (χ2n) is 4.22. The van der Waals surface area contributed by atoms with Crippen molar-refractivity contribution in [1.82, 2.24) is 5.32 Å². The van der Waals surface area contributed by atoms with Crippen LogP contribution in [0.3, 0.4) is 0 Å². The summed E-state index contributed by atoms with van der Waals surface area (Å²) >= 11 is 0. The number of aliphatic hydroxyl groups excluding tert-OH is 1. The minimum atomic E-state index is -4.48. The Hall–Kier alpha value is -2.09. The zero-order valence-corrected chi connectivity index (χ0v) is 11.1. The van der Waals surface area contributed by atoms with Crippen LogP contribution in [0.1, 0.15) is 11.1 Å². The number of esters is 1. The molecule has 0 saturated carbocycles. The molecular formula is C13H14F3NO4. The first-order chi connectivity index (χ1) is 9.74. The van der Waals surface area contributed by atoms with Gasteiger partial charge in [0.1, 0.15) is 0 Å². The largest absolute Gasteiger partial charge is 0.467 e. The molecule has 116 valence electrons. The molecule has 1 rings (SSSR count). The quantitative estimate of drug-likeness (QED) is 0.793. The van der Waals surface area contributed by atoms with E-state index in [-0.39, 0.29) is 18.5 Å². The first kappa shape index (κ1) is 17.0. The number of amides is 1. The number of alkyl halides is 3. The van der Waals surface area contributed by atoms with Crippen molar-refractivity contribution in [2.24, 2.45) is 0 Å². The van der Waals surface area contributed by atoms with Crippen molar-refractivity contribution in [3.63, 3.8) is 0 Å². The van der Waals surface area contributed by atoms with Gasteiger partial charge in [0.2, 0.25) is 5.91 Å². The van der Waals surface area contributed by atoms with Crippen molar-refractivity contribution in [3.05, 3.63) is 35.4 Å². The van der Waals surface area contributed by atoms with Crippen molar-refractivity contribution in [2.75, 3.05) is 13.7 Å². The lowest BCUT2D eigenvalue weighted by molar-refractivity contribution is -0.150. The SMILES string of the molecule is COC(=O)C(O)CNC(=O)Cc1cccc(C(F)(F)F)c1. The molecule has 0 aliphatic rings. The zero-order chi connectivity index (χ0) is 16.0. The van der Waals surface area contributed by atoms with E-state index in [9.17, 15) is 27.9 Å². The highest BCUT2D eigenvalue weighted by molar-refractivity contribution is 5.80. The molecule has 0 saturated heterocycles. The molecule has 8 heteroatoms. The van der Waals surface area contributed by atoms with Gasteiger partial charge in [0.05, 0.1) is 25.6 Å². The average molecular weight is 305 g/mol. The van der Waals surface area contributed by atoms with E-state index in [0.29, 0.717) is 0 Å². The molecule has 1 unspecified atom stereocenters. The standard InChI is InChI=1S/C13H14F3NO4/c1-21-12(20)10(18)7-17-11(19)6-8-3-2-4-9(5-8)13(14,15)16/h2-5,10,18H,6-7H2,1H3,(H,17,19). The Morgan fingerprint density at radius 1 is 1.38 bits per heavy atom. The maximum atomic E-state index is 12.5. The van der Waals surface area contributed by atoms with Crippen LogP contribution in [-0.2, 0) is 26.9 Å². The molecule has 0 aliphatic heterocycles. The molecule has 0 spiro atoms. The number of benzene rings is 1. The van der Waals surface area contributed by atoms with Gasteiger partial charge in [0.25, 0.3) is 0 Å². The highest BCUT2D eigenvalue weighted by Gasteiger charge is 2.30. The Labute approximate surface area is 118 Å². The summed E-state index contributed by atoms with van der Waals surface area (Å²) in [6.07, 6.45) is -6.29. The zero-order valence-electron chi connectivity index (χ0n) is 11.1. The van der Waals surface area contributed by atoms with Gasteiger partial charge in [-0.1, -0.05) is 18.2 Å². The Morgan fingerprint density at radius 3 is 2.62 bits per heavy atom. The molecule has 0 radical (unpaired) electrons. The molecule has 1 aromatic carbocycles. The van der Waals surface area contributed by atoms with Crippen LogP contribution in [0.15, 0.2) is 24.3 Å². The molecule has 5 nitrogen and oxygen atoms in total. The van der Waals surface area contributed by atoms with E-state index in [1.54, 1.807) is 0 Å². The molecule has 0 heterocycles. The fraction of sp³-hybridized carbons (Fsp3) is 0.385. The molecular weight excluding hydrogens is 291 g/mol. The van der Waals surface area contributed by atoms with Gasteiger partial charge in [0, 0.05) is 0 Å². The van der Waals surface area contributed by atoms with Crippen LogP contribution in [-0.4, -0.2) is 36.7 Å². The smallest absolute Gasteiger partial charge is 0.416 e. The van der Waals surface area contributed by atoms with E-state index in [2.05, 4.69) is 10.1 Å². The van der Waals surface area contributed by atoms with Crippen LogP contribution in [0.25, 0.3) is 0 Å². The number of hydrogen-bond acceptors (Lipinski definition) is 4. The Kier molecular flexibility index (Phi) is 5.71. The lowest BCUT2D eigenvalue weighted by atomic mass is 10.1. The van der Waals surface area contributed by atoms with E-state index in [1.165, 1.54) is 12.1 Å². The number of hydrogen-bond donors (Lipinski definition) is 2. The van der Waals surface area contributed by atoms with Crippen LogP contribution in [0.4, 0.5) is 13.2 Å². The highest BCUT2D eigenvalue weighted by atomic mass is 19.4. The summed E-state index contributed by atoms with van der Waals surface area (Å²) in [6, 6.07) is 4.36. The average Bonchev–Trinajstić information content (AvgIpc) is 2.43. The summed E-state index contributed by atoms with van der Waals surface area (Å²) in [5.74, 6) is -1.52. The number of methoxy groups -OCH3 is 1. The van der Waals surface area contributed by atoms with Crippen molar-refractivity contribution in [1.29, 1.82) is 0 Å². The lowest BCUT2D eigenvalue weighted by Gasteiger charge is -2.11. The summed E-state index contributed by atoms with van der Waals surface area (Å²) in [5, 5.41) is 11.5. The number of carbonyl (C=O) groups excluding carboxylic acids is 2. The number of aliphatic hydroxyl groups is 1. The summed E-state index contributed by atoms with van der Waals surface area (Å²) in [7, 11) is 1.08. The second-order valence-corrected chi connectivity index (χ2v) is 4.22. The molecule has 2 N–H and O–H groups in total. The van der Waals surface area contributed by atoms with Gasteiger partial charge < -0.3 is 15.2 Å². The van der Waals surface area contributed by atoms with Crippen LogP contribution in [0.5, 0.6) is 0 Å². The van der Waals surface area contributed by atoms with Gasteiger partial charge in [0.15, 0.2) is 6.10 Å². The van der Waals surface area contributed by atoms with Gasteiger partial charge in [-0.15, -0.1) is 0 Å². The number of nitrogens with one attached hydrogen (secondary N) is 1. The molecule has 1 atom stereocenters. The summed E-state index contributed by atoms with van der Waals surface area (Å²) in [4.78, 5) is 22.4. The van der Waals surface area contributed by atoms with E-state index < -0.39 is 29.7 Å². The first-order valence-electron chi connectivity index (χ1n) is 5.92. The van der Waals surface area contributed by atoms with E-state index in [4.69, 9.17) is 0 Å². The minimum absolute atomic E-state index is 0.176. The Morgan fingerprint density at radius 2 is 2.05 bits per heavy atom. The molecule has 0 aromatic heterocycles. The fourth-order valence-electron chi connectivity index (χ4n) is 1.54. The van der Waals surface area contributed by atoms with Crippen LogP contribution < -0.4 is 5.32 Å². The van der Waals surface area contributed by atoms with E-state index >= 15 is 0 Å². The third kappa shape index (κ3) is 5.42. The normalized spacial score (nSPS) is 12.6. The fourth-order valence-corrected chi connectivity index (χ4v) is 1.54. The van der Waals surface area contributed by atoms with Crippen LogP contribution in [0.2, 0.25) is 0 Å². The van der Waals surface area contributed by atoms with E-state index in [1.807, 2.05) is 0 Å². The predicted octanol–water partition coefficient (Wildman–Crippen LogP) is 0.898. The van der Waals surface area contributed by atoms with Gasteiger partial charge in [-0.05, 0) is 11.6 Å². The van der Waals surface area contributed by atoms with Gasteiger partial charge >= 0.3 is 12.1 Å². The Bertz CT molecular complexity index is 516. The molecule has 0 aliphatic carbocycles. The van der Waals surface area contributed by atoms with Gasteiger partial charge in [-0.25, -0.2) is 4.79 Å². The monoisotopic (exact) mass is 305 g/mol. The van der Waals surface area contributed by atoms with Crippen molar-refractivity contribution >= 4 is 11.9 Å². The molecule has 0 fully saturated rings. The number of rotatable bonds is 5. The maximum absolute atomic E-state index is 12.5. The van der Waals surface area contributed by atoms with Crippen LogP contribution in [0, 0.1) is 0 Å². The molecule has 1 amide bonds. The molecule has 0 bridgehead atoms. The Balaban J connectivity index is 2.58. The third-order valence-electron chi connectivity index (χ3n) is 2.58. The summed E-state index contributed by atoms with van der Waals surface area (Å²) in [6.45, 7) is -0.371. The highest BCUT2D eigenvalue weighted by Crippen LogP contribution is 2.29. The van der Waals surface area contributed by atoms with Gasteiger partial charge in [-0.3, -0.25) is 4.79 Å². The van der Waals surface area contributed by atoms with Crippen molar-refractivity contribution in [2.45, 2.75) is 18.7 Å². The number of ether oxygens (including phenoxy) is 1. The minimum Gasteiger partial charge on any atom is -0.467 e.